The standard InChI is InChI=1S/C21H18N6O2S/c22-27-20(15-5-4-12-23-13-15)25-26-21(27)30-14-19(28)24-16-8-10-18(11-9-16)29-17-6-2-1-3-7-17/h1-13H,14,22H2,(H,24,28). The first kappa shape index (κ1) is 19.5. The first-order chi connectivity index (χ1) is 14.7. The van der Waals surface area contributed by atoms with E-state index in [-0.39, 0.29) is 11.7 Å². The molecule has 4 rings (SSSR count). The van der Waals surface area contributed by atoms with E-state index in [1.165, 1.54) is 16.4 Å². The minimum Gasteiger partial charge on any atom is -0.457 e. The third kappa shape index (κ3) is 4.76. The number of nitrogens with two attached hydrogens (primary N) is 1. The van der Waals surface area contributed by atoms with E-state index in [9.17, 15) is 4.79 Å². The summed E-state index contributed by atoms with van der Waals surface area (Å²) in [7, 11) is 0. The van der Waals surface area contributed by atoms with Crippen LogP contribution < -0.4 is 15.9 Å². The molecule has 0 aliphatic carbocycles. The summed E-state index contributed by atoms with van der Waals surface area (Å²) in [6.07, 6.45) is 3.32. The summed E-state index contributed by atoms with van der Waals surface area (Å²) in [4.78, 5) is 16.3. The van der Waals surface area contributed by atoms with E-state index < -0.39 is 0 Å². The highest BCUT2D eigenvalue weighted by Crippen LogP contribution is 2.24. The number of hydrogen-bond acceptors (Lipinski definition) is 7. The van der Waals surface area contributed by atoms with Crippen molar-refractivity contribution in [2.75, 3.05) is 16.9 Å². The Kier molecular flexibility index (Phi) is 5.90. The molecule has 30 heavy (non-hydrogen) atoms. The van der Waals surface area contributed by atoms with Gasteiger partial charge in [0.1, 0.15) is 11.5 Å². The lowest BCUT2D eigenvalue weighted by molar-refractivity contribution is -0.113. The van der Waals surface area contributed by atoms with Crippen LogP contribution in [0.25, 0.3) is 11.4 Å². The highest BCUT2D eigenvalue weighted by molar-refractivity contribution is 7.99. The molecule has 1 amide bonds. The Labute approximate surface area is 177 Å². The minimum atomic E-state index is -0.178. The largest absolute Gasteiger partial charge is 0.457 e. The van der Waals surface area contributed by atoms with Crippen LogP contribution in [0.1, 0.15) is 0 Å². The fourth-order valence-electron chi connectivity index (χ4n) is 2.63. The lowest BCUT2D eigenvalue weighted by Gasteiger charge is -2.08. The second kappa shape index (κ2) is 9.10. The van der Waals surface area contributed by atoms with Gasteiger partial charge in [-0.2, -0.15) is 0 Å². The molecule has 0 radical (unpaired) electrons. The number of ether oxygens (including phenoxy) is 1. The maximum absolute atomic E-state index is 12.3. The maximum Gasteiger partial charge on any atom is 0.234 e. The Morgan fingerprint density at radius 2 is 1.77 bits per heavy atom. The molecular weight excluding hydrogens is 400 g/mol. The second-order valence-electron chi connectivity index (χ2n) is 6.19. The molecule has 0 bridgehead atoms. The van der Waals surface area contributed by atoms with E-state index in [1.807, 2.05) is 36.4 Å². The molecule has 9 heteroatoms. The third-order valence-corrected chi connectivity index (χ3v) is 4.98. The average molecular weight is 418 g/mol. The molecule has 4 aromatic rings. The number of thioether (sulfide) groups is 1. The molecule has 0 aliphatic heterocycles. The summed E-state index contributed by atoms with van der Waals surface area (Å²) in [5, 5.41) is 11.4. The third-order valence-electron chi connectivity index (χ3n) is 4.03. The van der Waals surface area contributed by atoms with Gasteiger partial charge in [-0.1, -0.05) is 30.0 Å². The van der Waals surface area contributed by atoms with Crippen molar-refractivity contribution in [1.29, 1.82) is 0 Å². The molecule has 0 atom stereocenters. The maximum atomic E-state index is 12.3. The van der Waals surface area contributed by atoms with Crippen molar-refractivity contribution >= 4 is 23.4 Å². The molecule has 2 heterocycles. The van der Waals surface area contributed by atoms with Gasteiger partial charge in [0.15, 0.2) is 5.82 Å². The van der Waals surface area contributed by atoms with Gasteiger partial charge in [0, 0.05) is 23.6 Å². The predicted molar refractivity (Wildman–Crippen MR) is 116 cm³/mol. The summed E-state index contributed by atoms with van der Waals surface area (Å²) in [6, 6.07) is 20.3. The molecule has 0 unspecified atom stereocenters. The fraction of sp³-hybridized carbons (Fsp3) is 0.0476. The monoisotopic (exact) mass is 418 g/mol. The quantitative estimate of drug-likeness (QED) is 0.349. The zero-order valence-corrected chi connectivity index (χ0v) is 16.6. The Morgan fingerprint density at radius 1 is 1.00 bits per heavy atom. The zero-order valence-electron chi connectivity index (χ0n) is 15.8. The first-order valence-electron chi connectivity index (χ1n) is 9.05. The van der Waals surface area contributed by atoms with E-state index in [1.54, 1.807) is 42.7 Å². The normalized spacial score (nSPS) is 10.5. The van der Waals surface area contributed by atoms with Crippen molar-refractivity contribution in [3.05, 3.63) is 79.1 Å². The van der Waals surface area contributed by atoms with Crippen LogP contribution in [0.5, 0.6) is 11.5 Å². The number of nitrogen functional groups attached to an aromatic ring is 1. The second-order valence-corrected chi connectivity index (χ2v) is 7.14. The lowest BCUT2D eigenvalue weighted by Crippen LogP contribution is -2.16. The van der Waals surface area contributed by atoms with Crippen LogP contribution in [0.4, 0.5) is 5.69 Å². The molecule has 3 N–H and O–H groups in total. The van der Waals surface area contributed by atoms with Gasteiger partial charge in [0.2, 0.25) is 11.1 Å². The summed E-state index contributed by atoms with van der Waals surface area (Å²) < 4.78 is 7.09. The number of amides is 1. The number of benzene rings is 2. The summed E-state index contributed by atoms with van der Waals surface area (Å²) in [5.41, 5.74) is 1.42. The van der Waals surface area contributed by atoms with Crippen molar-refractivity contribution in [2.45, 2.75) is 5.16 Å². The Hall–Kier alpha value is -3.85. The summed E-state index contributed by atoms with van der Waals surface area (Å²) in [5.74, 6) is 7.94. The molecule has 0 aliphatic rings. The molecular formula is C21H18N6O2S. The van der Waals surface area contributed by atoms with Crippen LogP contribution in [0.15, 0.2) is 84.3 Å². The number of nitrogens with zero attached hydrogens (tertiary/aromatic N) is 4. The van der Waals surface area contributed by atoms with Crippen LogP contribution in [-0.4, -0.2) is 31.5 Å². The molecule has 0 saturated carbocycles. The fourth-order valence-corrected chi connectivity index (χ4v) is 3.28. The van der Waals surface area contributed by atoms with Gasteiger partial charge in [-0.25, -0.2) is 4.68 Å². The van der Waals surface area contributed by atoms with Gasteiger partial charge in [-0.3, -0.25) is 9.78 Å². The molecule has 8 nitrogen and oxygen atoms in total. The van der Waals surface area contributed by atoms with E-state index in [0.717, 1.165) is 11.3 Å². The Balaban J connectivity index is 1.31. The van der Waals surface area contributed by atoms with Gasteiger partial charge in [-0.05, 0) is 48.5 Å². The van der Waals surface area contributed by atoms with Gasteiger partial charge in [0.05, 0.1) is 5.75 Å². The molecule has 2 aromatic carbocycles. The van der Waals surface area contributed by atoms with Crippen LogP contribution in [-0.2, 0) is 4.79 Å². The number of nitrogens with one attached hydrogen (secondary N) is 1. The van der Waals surface area contributed by atoms with E-state index in [0.29, 0.717) is 22.4 Å². The van der Waals surface area contributed by atoms with E-state index in [4.69, 9.17) is 10.6 Å². The summed E-state index contributed by atoms with van der Waals surface area (Å²) in [6.45, 7) is 0. The first-order valence-corrected chi connectivity index (χ1v) is 10.0. The Morgan fingerprint density at radius 3 is 2.50 bits per heavy atom. The van der Waals surface area contributed by atoms with Gasteiger partial charge in [-0.15, -0.1) is 10.2 Å². The number of pyridine rings is 1. The summed E-state index contributed by atoms with van der Waals surface area (Å²) >= 11 is 1.20. The smallest absolute Gasteiger partial charge is 0.234 e. The number of hydrogen-bond donors (Lipinski definition) is 2. The van der Waals surface area contributed by atoms with Crippen LogP contribution in [0.3, 0.4) is 0 Å². The molecule has 150 valence electrons. The number of rotatable bonds is 7. The van der Waals surface area contributed by atoms with Crippen molar-refractivity contribution in [3.8, 4) is 22.9 Å². The van der Waals surface area contributed by atoms with Crippen molar-refractivity contribution < 1.29 is 9.53 Å². The molecule has 0 saturated heterocycles. The number of carbonyl (C=O) groups excluding carboxylic acids is 1. The van der Waals surface area contributed by atoms with Gasteiger partial charge in [0.25, 0.3) is 0 Å². The minimum absolute atomic E-state index is 0.143. The van der Waals surface area contributed by atoms with Gasteiger partial charge >= 0.3 is 0 Å². The van der Waals surface area contributed by atoms with E-state index >= 15 is 0 Å². The van der Waals surface area contributed by atoms with Gasteiger partial charge < -0.3 is 15.9 Å². The zero-order chi connectivity index (χ0) is 20.8. The van der Waals surface area contributed by atoms with E-state index in [2.05, 4.69) is 20.5 Å². The highest BCUT2D eigenvalue weighted by atomic mass is 32.2. The van der Waals surface area contributed by atoms with Crippen molar-refractivity contribution in [1.82, 2.24) is 19.9 Å². The highest BCUT2D eigenvalue weighted by Gasteiger charge is 2.14. The topological polar surface area (TPSA) is 108 Å². The molecule has 2 aromatic heterocycles. The number of carbonyl (C=O) groups is 1. The lowest BCUT2D eigenvalue weighted by atomic mass is 10.3. The molecule has 0 spiro atoms. The number of aromatic nitrogens is 4. The predicted octanol–water partition coefficient (Wildman–Crippen LogP) is 3.58. The van der Waals surface area contributed by atoms with Crippen LogP contribution in [0, 0.1) is 0 Å². The number of anilines is 1. The average Bonchev–Trinajstić information content (AvgIpc) is 3.15. The SMILES string of the molecule is Nn1c(SCC(=O)Nc2ccc(Oc3ccccc3)cc2)nnc1-c1cccnc1. The Bertz CT molecular complexity index is 1120. The van der Waals surface area contributed by atoms with Crippen LogP contribution in [0.2, 0.25) is 0 Å². The van der Waals surface area contributed by atoms with Crippen LogP contribution >= 0.6 is 11.8 Å². The van der Waals surface area contributed by atoms with Crippen molar-refractivity contribution in [3.63, 3.8) is 0 Å². The molecule has 0 fully saturated rings. The van der Waals surface area contributed by atoms with Crippen molar-refractivity contribution in [2.24, 2.45) is 0 Å². The number of para-hydroxylation sites is 1.